The van der Waals surface area contributed by atoms with Crippen LogP contribution < -0.4 is 4.90 Å². The fourth-order valence-corrected chi connectivity index (χ4v) is 3.24. The van der Waals surface area contributed by atoms with Crippen molar-refractivity contribution in [1.29, 1.82) is 0 Å². The van der Waals surface area contributed by atoms with Crippen molar-refractivity contribution < 1.29 is 4.79 Å². The van der Waals surface area contributed by atoms with Crippen molar-refractivity contribution in [2.24, 2.45) is 4.99 Å². The number of aliphatic imine (C=N–C) groups is 1. The minimum atomic E-state index is -0.335. The van der Waals surface area contributed by atoms with Gasteiger partial charge in [0.2, 0.25) is 0 Å². The highest BCUT2D eigenvalue weighted by atomic mass is 16.2. The molecule has 2 aliphatic rings. The van der Waals surface area contributed by atoms with E-state index in [1.54, 1.807) is 0 Å². The first kappa shape index (κ1) is 12.3. The highest BCUT2D eigenvalue weighted by molar-refractivity contribution is 6.20. The Morgan fingerprint density at radius 1 is 1.10 bits per heavy atom. The highest BCUT2D eigenvalue weighted by Crippen LogP contribution is 2.36. The molecule has 1 atom stereocenters. The maximum absolute atomic E-state index is 12.6. The van der Waals surface area contributed by atoms with Crippen molar-refractivity contribution in [1.82, 2.24) is 0 Å². The molecule has 2 aliphatic heterocycles. The molecule has 4 rings (SSSR count). The molecule has 0 saturated carbocycles. The molecule has 0 N–H and O–H groups in total. The lowest BCUT2D eigenvalue weighted by Gasteiger charge is -2.18. The van der Waals surface area contributed by atoms with Crippen molar-refractivity contribution in [2.75, 3.05) is 11.4 Å². The zero-order chi connectivity index (χ0) is 14.4. The van der Waals surface area contributed by atoms with Gasteiger partial charge in [-0.2, -0.15) is 0 Å². The smallest absolute Gasteiger partial charge is 0.251 e. The third-order valence-corrected chi connectivity index (χ3v) is 4.24. The van der Waals surface area contributed by atoms with Crippen LogP contribution in [0.4, 0.5) is 5.69 Å². The van der Waals surface area contributed by atoms with Crippen molar-refractivity contribution in [3.05, 3.63) is 65.2 Å². The standard InChI is InChI=1S/C18H16N2O/c1-12-18(21)20-11-10-14-8-5-9-15(17(14)20)16(19-12)13-6-3-2-4-7-13/h2-9,12H,10-11H2,1H3. The Kier molecular flexibility index (Phi) is 2.67. The van der Waals surface area contributed by atoms with Crippen LogP contribution in [-0.4, -0.2) is 24.2 Å². The first-order chi connectivity index (χ1) is 10.3. The van der Waals surface area contributed by atoms with E-state index in [1.165, 1.54) is 5.56 Å². The summed E-state index contributed by atoms with van der Waals surface area (Å²) in [6.45, 7) is 2.66. The number of para-hydroxylation sites is 1. The van der Waals surface area contributed by atoms with E-state index in [2.05, 4.69) is 30.3 Å². The van der Waals surface area contributed by atoms with E-state index in [0.29, 0.717) is 0 Å². The number of carbonyl (C=O) groups is 1. The number of hydrogen-bond donors (Lipinski definition) is 0. The van der Waals surface area contributed by atoms with Crippen LogP contribution in [0.3, 0.4) is 0 Å². The van der Waals surface area contributed by atoms with Crippen LogP contribution in [0.2, 0.25) is 0 Å². The SMILES string of the molecule is CC1N=C(c2ccccc2)c2cccc3c2N(CC3)C1=O. The summed E-state index contributed by atoms with van der Waals surface area (Å²) < 4.78 is 0. The lowest BCUT2D eigenvalue weighted by molar-refractivity contribution is -0.119. The summed E-state index contributed by atoms with van der Waals surface area (Å²) in [5.41, 5.74) is 5.39. The average Bonchev–Trinajstić information content (AvgIpc) is 2.92. The zero-order valence-corrected chi connectivity index (χ0v) is 11.9. The Morgan fingerprint density at radius 3 is 2.71 bits per heavy atom. The molecule has 0 spiro atoms. The molecule has 0 bridgehead atoms. The number of benzene rings is 2. The van der Waals surface area contributed by atoms with Crippen LogP contribution in [-0.2, 0) is 11.2 Å². The summed E-state index contributed by atoms with van der Waals surface area (Å²) in [4.78, 5) is 19.2. The van der Waals surface area contributed by atoms with Gasteiger partial charge in [0.05, 0.1) is 11.4 Å². The van der Waals surface area contributed by atoms with Gasteiger partial charge in [0, 0.05) is 17.7 Å². The second-order valence-electron chi connectivity index (χ2n) is 5.57. The van der Waals surface area contributed by atoms with Gasteiger partial charge in [0.25, 0.3) is 5.91 Å². The number of nitrogens with zero attached hydrogens (tertiary/aromatic N) is 2. The minimum absolute atomic E-state index is 0.104. The van der Waals surface area contributed by atoms with Crippen LogP contribution in [0.25, 0.3) is 0 Å². The fraction of sp³-hybridized carbons (Fsp3) is 0.222. The Labute approximate surface area is 123 Å². The summed E-state index contributed by atoms with van der Waals surface area (Å²) in [6, 6.07) is 16.1. The molecule has 1 unspecified atom stereocenters. The fourth-order valence-electron chi connectivity index (χ4n) is 3.24. The van der Waals surface area contributed by atoms with Gasteiger partial charge in [-0.25, -0.2) is 0 Å². The van der Waals surface area contributed by atoms with Gasteiger partial charge in [-0.05, 0) is 18.9 Å². The molecule has 0 radical (unpaired) electrons. The molecule has 2 aromatic rings. The van der Waals surface area contributed by atoms with E-state index >= 15 is 0 Å². The van der Waals surface area contributed by atoms with Crippen LogP contribution in [0, 0.1) is 0 Å². The van der Waals surface area contributed by atoms with E-state index in [-0.39, 0.29) is 11.9 Å². The molecule has 2 heterocycles. The molecule has 104 valence electrons. The lowest BCUT2D eigenvalue weighted by atomic mass is 9.98. The summed E-state index contributed by atoms with van der Waals surface area (Å²) in [6.07, 6.45) is 0.934. The van der Waals surface area contributed by atoms with Gasteiger partial charge in [0.15, 0.2) is 0 Å². The summed E-state index contributed by atoms with van der Waals surface area (Å²) in [5, 5.41) is 0. The molecule has 0 aliphatic carbocycles. The van der Waals surface area contributed by atoms with Gasteiger partial charge in [-0.15, -0.1) is 0 Å². The Bertz CT molecular complexity index is 749. The van der Waals surface area contributed by atoms with Crippen molar-refractivity contribution in [3.63, 3.8) is 0 Å². The zero-order valence-electron chi connectivity index (χ0n) is 11.9. The van der Waals surface area contributed by atoms with Gasteiger partial charge in [0.1, 0.15) is 6.04 Å². The van der Waals surface area contributed by atoms with Gasteiger partial charge < -0.3 is 4.90 Å². The maximum atomic E-state index is 12.6. The van der Waals surface area contributed by atoms with Gasteiger partial charge in [-0.1, -0.05) is 48.5 Å². The topological polar surface area (TPSA) is 32.7 Å². The second-order valence-corrected chi connectivity index (χ2v) is 5.57. The molecular weight excluding hydrogens is 260 g/mol. The predicted octanol–water partition coefficient (Wildman–Crippen LogP) is 2.82. The number of rotatable bonds is 1. The highest BCUT2D eigenvalue weighted by Gasteiger charge is 2.34. The monoisotopic (exact) mass is 276 g/mol. The molecule has 2 aromatic carbocycles. The second kappa shape index (κ2) is 4.55. The number of amides is 1. The average molecular weight is 276 g/mol. The number of carbonyl (C=O) groups excluding carboxylic acids is 1. The van der Waals surface area contributed by atoms with Gasteiger partial charge in [-0.3, -0.25) is 9.79 Å². The summed E-state index contributed by atoms with van der Waals surface area (Å²) in [7, 11) is 0. The maximum Gasteiger partial charge on any atom is 0.251 e. The first-order valence-electron chi connectivity index (χ1n) is 7.32. The first-order valence-corrected chi connectivity index (χ1v) is 7.32. The molecular formula is C18H16N2O. The predicted molar refractivity (Wildman–Crippen MR) is 84.0 cm³/mol. The Morgan fingerprint density at radius 2 is 1.90 bits per heavy atom. The van der Waals surface area contributed by atoms with Crippen molar-refractivity contribution in [3.8, 4) is 0 Å². The number of anilines is 1. The van der Waals surface area contributed by atoms with E-state index in [0.717, 1.165) is 35.5 Å². The molecule has 21 heavy (non-hydrogen) atoms. The lowest BCUT2D eigenvalue weighted by Crippen LogP contribution is -2.35. The van der Waals surface area contributed by atoms with E-state index in [9.17, 15) is 4.79 Å². The molecule has 3 nitrogen and oxygen atoms in total. The Balaban J connectivity index is 1.99. The van der Waals surface area contributed by atoms with Crippen LogP contribution in [0.15, 0.2) is 53.5 Å². The van der Waals surface area contributed by atoms with Crippen LogP contribution >= 0.6 is 0 Å². The third-order valence-electron chi connectivity index (χ3n) is 4.24. The molecule has 0 fully saturated rings. The summed E-state index contributed by atoms with van der Waals surface area (Å²) in [5.74, 6) is 0.104. The molecule has 0 saturated heterocycles. The van der Waals surface area contributed by atoms with Gasteiger partial charge >= 0.3 is 0 Å². The molecule has 0 aromatic heterocycles. The van der Waals surface area contributed by atoms with E-state index in [1.807, 2.05) is 30.0 Å². The van der Waals surface area contributed by atoms with Crippen molar-refractivity contribution in [2.45, 2.75) is 19.4 Å². The normalized spacial score (nSPS) is 20.0. The molecule has 1 amide bonds. The van der Waals surface area contributed by atoms with Crippen LogP contribution in [0.1, 0.15) is 23.6 Å². The Hall–Kier alpha value is -2.42. The van der Waals surface area contributed by atoms with Crippen molar-refractivity contribution >= 4 is 17.3 Å². The third kappa shape index (κ3) is 1.81. The van der Waals surface area contributed by atoms with E-state index < -0.39 is 0 Å². The summed E-state index contributed by atoms with van der Waals surface area (Å²) >= 11 is 0. The quantitative estimate of drug-likeness (QED) is 0.788. The number of hydrogen-bond acceptors (Lipinski definition) is 2. The van der Waals surface area contributed by atoms with E-state index in [4.69, 9.17) is 4.99 Å². The minimum Gasteiger partial charge on any atom is -0.309 e. The van der Waals surface area contributed by atoms with Crippen LogP contribution in [0.5, 0.6) is 0 Å². The molecule has 3 heteroatoms. The largest absolute Gasteiger partial charge is 0.309 e.